The van der Waals surface area contributed by atoms with Crippen LogP contribution in [0.1, 0.15) is 12.0 Å². The Morgan fingerprint density at radius 1 is 1.09 bits per heavy atom. The molecule has 1 aromatic rings. The monoisotopic (exact) mass is 457 g/mol. The van der Waals surface area contributed by atoms with Crippen molar-refractivity contribution in [3.63, 3.8) is 0 Å². The van der Waals surface area contributed by atoms with Crippen molar-refractivity contribution in [2.45, 2.75) is 25.5 Å². The summed E-state index contributed by atoms with van der Waals surface area (Å²) >= 11 is 0. The molecule has 23 heavy (non-hydrogen) atoms. The van der Waals surface area contributed by atoms with Crippen LogP contribution in [0, 0.1) is 0 Å². The van der Waals surface area contributed by atoms with Crippen molar-refractivity contribution in [3.05, 3.63) is 29.8 Å². The lowest BCUT2D eigenvalue weighted by molar-refractivity contribution is -0.274. The largest absolute Gasteiger partial charge is 0.573 e. The zero-order valence-electron chi connectivity index (χ0n) is 11.5. The van der Waals surface area contributed by atoms with E-state index in [2.05, 4.69) is 15.0 Å². The van der Waals surface area contributed by atoms with Gasteiger partial charge in [-0.05, 0) is 17.7 Å². The van der Waals surface area contributed by atoms with Crippen LogP contribution < -0.4 is 15.8 Å². The van der Waals surface area contributed by atoms with E-state index in [1.165, 1.54) is 12.1 Å². The van der Waals surface area contributed by atoms with Gasteiger partial charge in [-0.1, -0.05) is 12.1 Å². The van der Waals surface area contributed by atoms with Crippen LogP contribution in [0.5, 0.6) is 5.75 Å². The van der Waals surface area contributed by atoms with Gasteiger partial charge in [0.2, 0.25) is 0 Å². The van der Waals surface area contributed by atoms with Crippen molar-refractivity contribution in [1.82, 2.24) is 5.32 Å². The molecule has 0 atom stereocenters. The SMILES string of the molecule is I.NC(=NCc1ccc(OC(F)(F)F)cc1)NCCC(F)(F)F. The van der Waals surface area contributed by atoms with E-state index in [1.807, 2.05) is 0 Å². The van der Waals surface area contributed by atoms with E-state index in [-0.39, 0.29) is 42.2 Å². The fourth-order valence-electron chi connectivity index (χ4n) is 1.36. The number of nitrogens with zero attached hydrogens (tertiary/aromatic N) is 1. The third-order valence-electron chi connectivity index (χ3n) is 2.30. The number of hydrogen-bond acceptors (Lipinski definition) is 2. The van der Waals surface area contributed by atoms with E-state index < -0.39 is 25.5 Å². The number of benzene rings is 1. The molecule has 0 radical (unpaired) electrons. The predicted molar refractivity (Wildman–Crippen MR) is 82.5 cm³/mol. The first-order chi connectivity index (χ1) is 10.1. The summed E-state index contributed by atoms with van der Waals surface area (Å²) in [6.07, 6.45) is -10.1. The summed E-state index contributed by atoms with van der Waals surface area (Å²) in [5.74, 6) is -0.559. The second-order valence-electron chi connectivity index (χ2n) is 4.19. The number of rotatable bonds is 5. The van der Waals surface area contributed by atoms with E-state index in [0.29, 0.717) is 5.56 Å². The fraction of sp³-hybridized carbons (Fsp3) is 0.417. The Bertz CT molecular complexity index is 501. The first-order valence-corrected chi connectivity index (χ1v) is 6.00. The second-order valence-corrected chi connectivity index (χ2v) is 4.19. The Morgan fingerprint density at radius 3 is 2.13 bits per heavy atom. The Kier molecular flexibility index (Phi) is 8.48. The summed E-state index contributed by atoms with van der Waals surface area (Å²) in [6, 6.07) is 4.89. The van der Waals surface area contributed by atoms with Crippen LogP contribution in [0.4, 0.5) is 26.3 Å². The zero-order valence-corrected chi connectivity index (χ0v) is 13.9. The average molecular weight is 457 g/mol. The quantitative estimate of drug-likeness (QED) is 0.308. The van der Waals surface area contributed by atoms with Gasteiger partial charge in [-0.2, -0.15) is 13.2 Å². The number of aliphatic imine (C=N–C) groups is 1. The number of alkyl halides is 6. The van der Waals surface area contributed by atoms with Crippen molar-refractivity contribution < 1.29 is 31.1 Å². The van der Waals surface area contributed by atoms with Gasteiger partial charge in [-0.15, -0.1) is 37.1 Å². The minimum absolute atomic E-state index is 0. The lowest BCUT2D eigenvalue weighted by Crippen LogP contribution is -2.34. The van der Waals surface area contributed by atoms with Gasteiger partial charge in [0, 0.05) is 6.54 Å². The highest BCUT2D eigenvalue weighted by Gasteiger charge is 2.30. The molecule has 0 aliphatic heterocycles. The van der Waals surface area contributed by atoms with E-state index in [1.54, 1.807) is 0 Å². The van der Waals surface area contributed by atoms with E-state index >= 15 is 0 Å². The molecule has 0 aliphatic rings. The van der Waals surface area contributed by atoms with Gasteiger partial charge in [0.05, 0.1) is 13.0 Å². The normalized spacial score (nSPS) is 12.5. The third kappa shape index (κ3) is 10.9. The summed E-state index contributed by atoms with van der Waals surface area (Å²) in [5.41, 5.74) is 5.89. The van der Waals surface area contributed by atoms with Gasteiger partial charge in [0.15, 0.2) is 5.96 Å². The van der Waals surface area contributed by atoms with Crippen molar-refractivity contribution in [1.29, 1.82) is 0 Å². The smallest absolute Gasteiger partial charge is 0.406 e. The van der Waals surface area contributed by atoms with E-state index in [4.69, 9.17) is 5.73 Å². The van der Waals surface area contributed by atoms with Crippen LogP contribution >= 0.6 is 24.0 Å². The minimum Gasteiger partial charge on any atom is -0.406 e. The van der Waals surface area contributed by atoms with Crippen LogP contribution in [0.15, 0.2) is 29.3 Å². The number of nitrogens with two attached hydrogens (primary N) is 1. The molecule has 0 heterocycles. The average Bonchev–Trinajstić information content (AvgIpc) is 2.34. The zero-order chi connectivity index (χ0) is 16.8. The van der Waals surface area contributed by atoms with Gasteiger partial charge in [0.25, 0.3) is 0 Å². The van der Waals surface area contributed by atoms with E-state index in [0.717, 1.165) is 12.1 Å². The molecule has 0 bridgehead atoms. The minimum atomic E-state index is -4.77. The number of guanidine groups is 1. The van der Waals surface area contributed by atoms with Crippen LogP contribution in [0.3, 0.4) is 0 Å². The molecule has 0 aromatic heterocycles. The van der Waals surface area contributed by atoms with Crippen LogP contribution in [0.2, 0.25) is 0 Å². The molecule has 0 aliphatic carbocycles. The highest BCUT2D eigenvalue weighted by atomic mass is 127. The molecular weight excluding hydrogens is 443 g/mol. The number of halogens is 7. The summed E-state index contributed by atoms with van der Waals surface area (Å²) < 4.78 is 75.2. The van der Waals surface area contributed by atoms with Gasteiger partial charge >= 0.3 is 12.5 Å². The summed E-state index contributed by atoms with van der Waals surface area (Å²) in [4.78, 5) is 3.77. The molecule has 3 N–H and O–H groups in total. The molecule has 0 unspecified atom stereocenters. The van der Waals surface area contributed by atoms with Crippen molar-refractivity contribution in [3.8, 4) is 5.75 Å². The highest BCUT2D eigenvalue weighted by molar-refractivity contribution is 14.0. The molecular formula is C12H14F6IN3O. The maximum atomic E-state index is 11.9. The van der Waals surface area contributed by atoms with Gasteiger partial charge in [-0.3, -0.25) is 0 Å². The Labute approximate surface area is 145 Å². The van der Waals surface area contributed by atoms with Gasteiger partial charge < -0.3 is 15.8 Å². The topological polar surface area (TPSA) is 59.6 Å². The second kappa shape index (κ2) is 9.03. The highest BCUT2D eigenvalue weighted by Crippen LogP contribution is 2.22. The maximum absolute atomic E-state index is 11.9. The Morgan fingerprint density at radius 2 is 1.65 bits per heavy atom. The predicted octanol–water partition coefficient (Wildman–Crippen LogP) is 3.56. The molecule has 1 rings (SSSR count). The number of nitrogens with one attached hydrogen (secondary N) is 1. The van der Waals surface area contributed by atoms with Crippen LogP contribution in [-0.2, 0) is 6.54 Å². The molecule has 1 aromatic carbocycles. The van der Waals surface area contributed by atoms with Crippen LogP contribution in [0.25, 0.3) is 0 Å². The third-order valence-corrected chi connectivity index (χ3v) is 2.30. The molecule has 132 valence electrons. The number of ether oxygens (including phenoxy) is 1. The molecule has 0 fully saturated rings. The molecule has 0 spiro atoms. The maximum Gasteiger partial charge on any atom is 0.573 e. The fourth-order valence-corrected chi connectivity index (χ4v) is 1.36. The Balaban J connectivity index is 0.00000484. The summed E-state index contributed by atoms with van der Waals surface area (Å²) in [7, 11) is 0. The number of hydrogen-bond donors (Lipinski definition) is 2. The molecule has 11 heteroatoms. The molecule has 0 saturated carbocycles. The molecule has 0 amide bonds. The molecule has 0 saturated heterocycles. The summed E-state index contributed by atoms with van der Waals surface area (Å²) in [6.45, 7) is -0.395. The van der Waals surface area contributed by atoms with Crippen molar-refractivity contribution >= 4 is 29.9 Å². The van der Waals surface area contributed by atoms with E-state index in [9.17, 15) is 26.3 Å². The van der Waals surface area contributed by atoms with Gasteiger partial charge in [0.1, 0.15) is 5.75 Å². The summed E-state index contributed by atoms with van der Waals surface area (Å²) in [5, 5.41) is 2.29. The molecule has 4 nitrogen and oxygen atoms in total. The standard InChI is InChI=1S/C12H13F6N3O.HI/c13-11(14,15)5-6-20-10(19)21-7-8-1-3-9(4-2-8)22-12(16,17)18;/h1-4H,5-7H2,(H3,19,20,21);1H. The van der Waals surface area contributed by atoms with Crippen LogP contribution in [-0.4, -0.2) is 25.0 Å². The lowest BCUT2D eigenvalue weighted by Gasteiger charge is -2.09. The van der Waals surface area contributed by atoms with Gasteiger partial charge in [-0.25, -0.2) is 4.99 Å². The van der Waals surface area contributed by atoms with Crippen molar-refractivity contribution in [2.24, 2.45) is 10.7 Å². The lowest BCUT2D eigenvalue weighted by atomic mass is 10.2. The van der Waals surface area contributed by atoms with Crippen molar-refractivity contribution in [2.75, 3.05) is 6.54 Å². The first kappa shape index (κ1) is 21.6. The Hall–Kier alpha value is -1.40. The first-order valence-electron chi connectivity index (χ1n) is 6.00.